The molecule has 2 aromatic rings. The van der Waals surface area contributed by atoms with Crippen molar-refractivity contribution < 1.29 is 4.74 Å². The Hall–Kier alpha value is -1.54. The van der Waals surface area contributed by atoms with Crippen LogP contribution in [-0.4, -0.2) is 4.98 Å². The minimum atomic E-state index is 0.392. The van der Waals surface area contributed by atoms with Crippen molar-refractivity contribution >= 4 is 11.6 Å². The third kappa shape index (κ3) is 2.82. The minimum absolute atomic E-state index is 0.392. The average Bonchev–Trinajstić information content (AvgIpc) is 2.35. The summed E-state index contributed by atoms with van der Waals surface area (Å²) in [7, 11) is 0. The molecule has 0 aliphatic carbocycles. The van der Waals surface area contributed by atoms with Crippen molar-refractivity contribution in [3.63, 3.8) is 0 Å². The van der Waals surface area contributed by atoms with E-state index >= 15 is 0 Å². The van der Waals surface area contributed by atoms with E-state index in [2.05, 4.69) is 31.8 Å². The van der Waals surface area contributed by atoms with Gasteiger partial charge in [-0.15, -0.1) is 11.6 Å². The molecule has 0 radical (unpaired) electrons. The number of aromatic nitrogens is 1. The Balaban J connectivity index is 2.33. The zero-order valence-electron chi connectivity index (χ0n) is 10.8. The zero-order valence-corrected chi connectivity index (χ0v) is 11.6. The van der Waals surface area contributed by atoms with E-state index < -0.39 is 0 Å². The zero-order chi connectivity index (χ0) is 13.1. The van der Waals surface area contributed by atoms with Gasteiger partial charge in [0.2, 0.25) is 0 Å². The summed E-state index contributed by atoms with van der Waals surface area (Å²) in [6, 6.07) is 7.90. The lowest BCUT2D eigenvalue weighted by molar-refractivity contribution is 0.476. The molecule has 0 bridgehead atoms. The molecule has 0 fully saturated rings. The van der Waals surface area contributed by atoms with Crippen LogP contribution < -0.4 is 4.74 Å². The highest BCUT2D eigenvalue weighted by Crippen LogP contribution is 2.28. The van der Waals surface area contributed by atoms with Crippen molar-refractivity contribution in [3.05, 3.63) is 52.8 Å². The van der Waals surface area contributed by atoms with Gasteiger partial charge in [0.15, 0.2) is 0 Å². The largest absolute Gasteiger partial charge is 0.457 e. The third-order valence-corrected chi connectivity index (χ3v) is 3.19. The predicted octanol–water partition coefficient (Wildman–Crippen LogP) is 4.54. The summed E-state index contributed by atoms with van der Waals surface area (Å²) in [6.45, 7) is 6.22. The second kappa shape index (κ2) is 5.40. The van der Waals surface area contributed by atoms with Gasteiger partial charge in [-0.3, -0.25) is 4.98 Å². The SMILES string of the molecule is Cc1cc(C)c(C)c(Oc2ccnc(CCl)c2)c1. The van der Waals surface area contributed by atoms with E-state index in [0.29, 0.717) is 5.88 Å². The fourth-order valence-electron chi connectivity index (χ4n) is 1.83. The first-order valence-corrected chi connectivity index (χ1v) is 6.40. The Morgan fingerprint density at radius 2 is 1.94 bits per heavy atom. The highest BCUT2D eigenvalue weighted by atomic mass is 35.5. The van der Waals surface area contributed by atoms with Crippen molar-refractivity contribution in [1.29, 1.82) is 0 Å². The molecule has 1 aromatic carbocycles. The molecule has 0 spiro atoms. The standard InChI is InChI=1S/C15H16ClNO/c1-10-6-11(2)12(3)15(7-10)18-14-4-5-17-13(8-14)9-16/h4-8H,9H2,1-3H3. The third-order valence-electron chi connectivity index (χ3n) is 2.92. The lowest BCUT2D eigenvalue weighted by Gasteiger charge is -2.12. The molecular weight excluding hydrogens is 246 g/mol. The lowest BCUT2D eigenvalue weighted by atomic mass is 10.1. The van der Waals surface area contributed by atoms with Crippen LogP contribution in [0.2, 0.25) is 0 Å². The van der Waals surface area contributed by atoms with Crippen LogP contribution in [0.5, 0.6) is 11.5 Å². The van der Waals surface area contributed by atoms with Gasteiger partial charge >= 0.3 is 0 Å². The van der Waals surface area contributed by atoms with Gasteiger partial charge in [0.1, 0.15) is 11.5 Å². The highest BCUT2D eigenvalue weighted by molar-refractivity contribution is 6.16. The molecule has 1 heterocycles. The summed E-state index contributed by atoms with van der Waals surface area (Å²) in [5.74, 6) is 2.05. The molecular formula is C15H16ClNO. The van der Waals surface area contributed by atoms with E-state index in [1.54, 1.807) is 6.20 Å². The summed E-state index contributed by atoms with van der Waals surface area (Å²) >= 11 is 5.77. The molecule has 18 heavy (non-hydrogen) atoms. The molecule has 0 N–H and O–H groups in total. The Bertz CT molecular complexity index is 566. The number of benzene rings is 1. The Kier molecular flexibility index (Phi) is 3.87. The van der Waals surface area contributed by atoms with Crippen LogP contribution in [0.4, 0.5) is 0 Å². The predicted molar refractivity (Wildman–Crippen MR) is 74.5 cm³/mol. The van der Waals surface area contributed by atoms with E-state index in [1.165, 1.54) is 11.1 Å². The van der Waals surface area contributed by atoms with E-state index in [0.717, 1.165) is 22.8 Å². The summed E-state index contributed by atoms with van der Waals surface area (Å²) in [5, 5.41) is 0. The number of pyridine rings is 1. The fraction of sp³-hybridized carbons (Fsp3) is 0.267. The monoisotopic (exact) mass is 261 g/mol. The van der Waals surface area contributed by atoms with Gasteiger partial charge in [-0.25, -0.2) is 0 Å². The number of hydrogen-bond acceptors (Lipinski definition) is 2. The highest BCUT2D eigenvalue weighted by Gasteiger charge is 2.06. The quantitative estimate of drug-likeness (QED) is 0.757. The normalized spacial score (nSPS) is 10.4. The number of alkyl halides is 1. The second-order valence-corrected chi connectivity index (χ2v) is 4.69. The number of nitrogens with zero attached hydrogens (tertiary/aromatic N) is 1. The maximum absolute atomic E-state index is 5.91. The van der Waals surface area contributed by atoms with Gasteiger partial charge in [0.05, 0.1) is 11.6 Å². The molecule has 0 saturated heterocycles. The molecule has 0 amide bonds. The summed E-state index contributed by atoms with van der Waals surface area (Å²) in [5.41, 5.74) is 4.40. The average molecular weight is 262 g/mol. The van der Waals surface area contributed by atoms with Crippen molar-refractivity contribution in [3.8, 4) is 11.5 Å². The number of halogens is 1. The molecule has 0 unspecified atom stereocenters. The first kappa shape index (κ1) is 12.9. The van der Waals surface area contributed by atoms with Gasteiger partial charge in [-0.2, -0.15) is 0 Å². The topological polar surface area (TPSA) is 22.1 Å². The van der Waals surface area contributed by atoms with Crippen molar-refractivity contribution in [1.82, 2.24) is 4.98 Å². The maximum atomic E-state index is 5.91. The summed E-state index contributed by atoms with van der Waals surface area (Å²) in [6.07, 6.45) is 1.71. The van der Waals surface area contributed by atoms with Crippen LogP contribution in [-0.2, 0) is 5.88 Å². The van der Waals surface area contributed by atoms with E-state index in [1.807, 2.05) is 18.2 Å². The van der Waals surface area contributed by atoms with Gasteiger partial charge in [-0.05, 0) is 49.6 Å². The molecule has 2 rings (SSSR count). The van der Waals surface area contributed by atoms with E-state index in [4.69, 9.17) is 16.3 Å². The Morgan fingerprint density at radius 3 is 2.67 bits per heavy atom. The number of rotatable bonds is 3. The molecule has 0 aliphatic heterocycles. The van der Waals surface area contributed by atoms with Crippen LogP contribution in [0, 0.1) is 20.8 Å². The molecule has 0 saturated carbocycles. The van der Waals surface area contributed by atoms with Crippen molar-refractivity contribution in [2.24, 2.45) is 0 Å². The Morgan fingerprint density at radius 1 is 1.17 bits per heavy atom. The molecule has 94 valence electrons. The number of ether oxygens (including phenoxy) is 1. The van der Waals surface area contributed by atoms with Gasteiger partial charge in [-0.1, -0.05) is 6.07 Å². The number of aryl methyl sites for hydroxylation is 2. The summed E-state index contributed by atoms with van der Waals surface area (Å²) < 4.78 is 5.91. The minimum Gasteiger partial charge on any atom is -0.457 e. The van der Waals surface area contributed by atoms with Crippen LogP contribution >= 0.6 is 11.6 Å². The lowest BCUT2D eigenvalue weighted by Crippen LogP contribution is -1.93. The van der Waals surface area contributed by atoms with Crippen LogP contribution in [0.15, 0.2) is 30.5 Å². The van der Waals surface area contributed by atoms with Gasteiger partial charge in [0, 0.05) is 12.3 Å². The van der Waals surface area contributed by atoms with Crippen LogP contribution in [0.25, 0.3) is 0 Å². The smallest absolute Gasteiger partial charge is 0.130 e. The first-order valence-electron chi connectivity index (χ1n) is 5.86. The van der Waals surface area contributed by atoms with Crippen LogP contribution in [0.3, 0.4) is 0 Å². The number of hydrogen-bond donors (Lipinski definition) is 0. The van der Waals surface area contributed by atoms with E-state index in [-0.39, 0.29) is 0 Å². The van der Waals surface area contributed by atoms with Crippen molar-refractivity contribution in [2.45, 2.75) is 26.7 Å². The molecule has 0 atom stereocenters. The fourth-order valence-corrected chi connectivity index (χ4v) is 1.97. The van der Waals surface area contributed by atoms with Crippen LogP contribution in [0.1, 0.15) is 22.4 Å². The maximum Gasteiger partial charge on any atom is 0.130 e. The molecule has 1 aromatic heterocycles. The van der Waals surface area contributed by atoms with E-state index in [9.17, 15) is 0 Å². The first-order chi connectivity index (χ1) is 8.60. The Labute approximate surface area is 113 Å². The second-order valence-electron chi connectivity index (χ2n) is 4.42. The van der Waals surface area contributed by atoms with Gasteiger partial charge in [0.25, 0.3) is 0 Å². The molecule has 2 nitrogen and oxygen atoms in total. The molecule has 0 aliphatic rings. The van der Waals surface area contributed by atoms with Crippen molar-refractivity contribution in [2.75, 3.05) is 0 Å². The van der Waals surface area contributed by atoms with Gasteiger partial charge < -0.3 is 4.74 Å². The molecule has 3 heteroatoms. The summed E-state index contributed by atoms with van der Waals surface area (Å²) in [4.78, 5) is 4.15.